The number of carbonyl (C=O) groups excluding carboxylic acids is 1. The Morgan fingerprint density at radius 3 is 2.81 bits per heavy atom. The third-order valence-electron chi connectivity index (χ3n) is 4.89. The minimum atomic E-state index is 0.00866. The van der Waals surface area contributed by atoms with Gasteiger partial charge in [0.15, 0.2) is 0 Å². The summed E-state index contributed by atoms with van der Waals surface area (Å²) in [7, 11) is 3.30. The number of carbonyl (C=O) groups is 1. The van der Waals surface area contributed by atoms with Crippen molar-refractivity contribution >= 4 is 17.5 Å². The molecule has 6 heteroatoms. The number of hydrogen-bond donors (Lipinski definition) is 1. The Morgan fingerprint density at radius 2 is 2.07 bits per heavy atom. The van der Waals surface area contributed by atoms with Crippen molar-refractivity contribution in [3.8, 4) is 11.5 Å². The number of halogens is 1. The quantitative estimate of drug-likeness (QED) is 0.783. The van der Waals surface area contributed by atoms with Crippen molar-refractivity contribution in [3.05, 3.63) is 58.6 Å². The van der Waals surface area contributed by atoms with Crippen molar-refractivity contribution in [2.45, 2.75) is 25.4 Å². The van der Waals surface area contributed by atoms with Gasteiger partial charge in [-0.15, -0.1) is 0 Å². The molecule has 0 bridgehead atoms. The number of likely N-dealkylation sites (tertiary alicyclic amines) is 1. The molecule has 0 spiro atoms. The molecule has 1 fully saturated rings. The number of ether oxygens (including phenoxy) is 2. The maximum absolute atomic E-state index is 12.5. The van der Waals surface area contributed by atoms with Crippen LogP contribution in [-0.4, -0.2) is 38.1 Å². The molecule has 5 nitrogen and oxygen atoms in total. The Bertz CT molecular complexity index is 797. The lowest BCUT2D eigenvalue weighted by Crippen LogP contribution is -2.36. The van der Waals surface area contributed by atoms with Crippen LogP contribution in [0.1, 0.15) is 30.0 Å². The molecular weight excluding hydrogens is 364 g/mol. The van der Waals surface area contributed by atoms with Crippen molar-refractivity contribution in [2.24, 2.45) is 0 Å². The number of hydrogen-bond acceptors (Lipinski definition) is 4. The molecule has 1 aliphatic heterocycles. The van der Waals surface area contributed by atoms with E-state index in [4.69, 9.17) is 21.1 Å². The molecular formula is C21H25ClN2O3. The minimum Gasteiger partial charge on any atom is -0.497 e. The van der Waals surface area contributed by atoms with Gasteiger partial charge in [0.2, 0.25) is 5.91 Å². The summed E-state index contributed by atoms with van der Waals surface area (Å²) in [6, 6.07) is 13.6. The van der Waals surface area contributed by atoms with E-state index in [1.165, 1.54) is 0 Å². The summed E-state index contributed by atoms with van der Waals surface area (Å²) in [5.74, 6) is 1.57. The predicted molar refractivity (Wildman–Crippen MR) is 106 cm³/mol. The molecule has 144 valence electrons. The first-order valence-electron chi connectivity index (χ1n) is 9.08. The summed E-state index contributed by atoms with van der Waals surface area (Å²) in [5, 5.41) is 3.66. The van der Waals surface area contributed by atoms with Gasteiger partial charge in [-0.3, -0.25) is 9.69 Å². The molecule has 1 saturated heterocycles. The molecule has 1 atom stereocenters. The molecule has 1 aliphatic rings. The van der Waals surface area contributed by atoms with Gasteiger partial charge < -0.3 is 14.8 Å². The maximum Gasteiger partial charge on any atom is 0.234 e. The van der Waals surface area contributed by atoms with Crippen LogP contribution in [0.5, 0.6) is 11.5 Å². The van der Waals surface area contributed by atoms with E-state index in [1.807, 2.05) is 42.5 Å². The van der Waals surface area contributed by atoms with Crippen LogP contribution in [0.25, 0.3) is 0 Å². The molecule has 0 radical (unpaired) electrons. The molecule has 27 heavy (non-hydrogen) atoms. The van der Waals surface area contributed by atoms with Gasteiger partial charge in [0.05, 0.1) is 20.8 Å². The Morgan fingerprint density at radius 1 is 1.22 bits per heavy atom. The highest BCUT2D eigenvalue weighted by Gasteiger charge is 2.29. The van der Waals surface area contributed by atoms with Crippen LogP contribution in [0.15, 0.2) is 42.5 Å². The molecule has 0 aromatic heterocycles. The lowest BCUT2D eigenvalue weighted by atomic mass is 10.0. The molecule has 1 amide bonds. The van der Waals surface area contributed by atoms with E-state index in [2.05, 4.69) is 10.2 Å². The average molecular weight is 389 g/mol. The van der Waals surface area contributed by atoms with E-state index in [1.54, 1.807) is 14.2 Å². The zero-order valence-electron chi connectivity index (χ0n) is 15.7. The van der Waals surface area contributed by atoms with Crippen molar-refractivity contribution in [3.63, 3.8) is 0 Å². The second kappa shape index (κ2) is 9.11. The highest BCUT2D eigenvalue weighted by Crippen LogP contribution is 2.38. The van der Waals surface area contributed by atoms with Crippen molar-refractivity contribution < 1.29 is 14.3 Å². The zero-order valence-corrected chi connectivity index (χ0v) is 16.5. The third kappa shape index (κ3) is 4.93. The van der Waals surface area contributed by atoms with E-state index in [9.17, 15) is 4.79 Å². The van der Waals surface area contributed by atoms with Gasteiger partial charge >= 0.3 is 0 Å². The van der Waals surface area contributed by atoms with Gasteiger partial charge in [-0.25, -0.2) is 0 Å². The summed E-state index contributed by atoms with van der Waals surface area (Å²) in [6.45, 7) is 1.73. The smallest absolute Gasteiger partial charge is 0.234 e. The zero-order chi connectivity index (χ0) is 19.2. The molecule has 3 rings (SSSR count). The van der Waals surface area contributed by atoms with E-state index in [0.29, 0.717) is 18.1 Å². The largest absolute Gasteiger partial charge is 0.497 e. The van der Waals surface area contributed by atoms with E-state index in [0.717, 1.165) is 42.0 Å². The average Bonchev–Trinajstić information content (AvgIpc) is 3.13. The fourth-order valence-corrected chi connectivity index (χ4v) is 3.76. The molecule has 1 heterocycles. The number of amides is 1. The van der Waals surface area contributed by atoms with Gasteiger partial charge in [-0.1, -0.05) is 29.8 Å². The molecule has 2 aromatic rings. The van der Waals surface area contributed by atoms with Crippen molar-refractivity contribution in [1.82, 2.24) is 10.2 Å². The molecule has 2 aromatic carbocycles. The summed E-state index contributed by atoms with van der Waals surface area (Å²) in [6.07, 6.45) is 2.06. The molecule has 0 unspecified atom stereocenters. The maximum atomic E-state index is 12.5. The van der Waals surface area contributed by atoms with Crippen LogP contribution in [0, 0.1) is 0 Å². The predicted octanol–water partition coefficient (Wildman–Crippen LogP) is 3.81. The topological polar surface area (TPSA) is 50.8 Å². The first kappa shape index (κ1) is 19.5. The number of nitrogens with one attached hydrogen (secondary N) is 1. The van der Waals surface area contributed by atoms with Crippen LogP contribution >= 0.6 is 11.6 Å². The standard InChI is InChI=1S/C21H25ClN2O3/c1-26-17-8-9-18(20(12-17)27-2)19-7-4-10-24(19)14-21(25)23-13-15-5-3-6-16(22)11-15/h3,5-6,8-9,11-12,19H,4,7,10,13-14H2,1-2H3,(H,23,25)/t19-/m0/s1. The Labute approximate surface area is 165 Å². The van der Waals surface area contributed by atoms with Crippen molar-refractivity contribution in [1.29, 1.82) is 0 Å². The highest BCUT2D eigenvalue weighted by atomic mass is 35.5. The first-order valence-corrected chi connectivity index (χ1v) is 9.45. The Balaban J connectivity index is 1.63. The summed E-state index contributed by atoms with van der Waals surface area (Å²) >= 11 is 5.99. The Hall–Kier alpha value is -2.24. The van der Waals surface area contributed by atoms with E-state index in [-0.39, 0.29) is 11.9 Å². The van der Waals surface area contributed by atoms with E-state index >= 15 is 0 Å². The van der Waals surface area contributed by atoms with Crippen LogP contribution in [0.4, 0.5) is 0 Å². The van der Waals surface area contributed by atoms with Crippen LogP contribution < -0.4 is 14.8 Å². The fourth-order valence-electron chi connectivity index (χ4n) is 3.55. The number of rotatable bonds is 7. The Kier molecular flexibility index (Phi) is 6.58. The second-order valence-corrected chi connectivity index (χ2v) is 7.08. The number of nitrogens with zero attached hydrogens (tertiary/aromatic N) is 1. The summed E-state index contributed by atoms with van der Waals surface area (Å²) < 4.78 is 10.8. The highest BCUT2D eigenvalue weighted by molar-refractivity contribution is 6.30. The number of methoxy groups -OCH3 is 2. The first-order chi connectivity index (χ1) is 13.1. The van der Waals surface area contributed by atoms with Gasteiger partial charge in [0.25, 0.3) is 0 Å². The lowest BCUT2D eigenvalue weighted by Gasteiger charge is -2.26. The summed E-state index contributed by atoms with van der Waals surface area (Å²) in [4.78, 5) is 14.7. The van der Waals surface area contributed by atoms with Crippen LogP contribution in [0.3, 0.4) is 0 Å². The monoisotopic (exact) mass is 388 g/mol. The van der Waals surface area contributed by atoms with Crippen molar-refractivity contribution in [2.75, 3.05) is 27.3 Å². The van der Waals surface area contributed by atoms with Crippen LogP contribution in [0.2, 0.25) is 5.02 Å². The fraction of sp³-hybridized carbons (Fsp3) is 0.381. The molecule has 1 N–H and O–H groups in total. The van der Waals surface area contributed by atoms with Gasteiger partial charge in [-0.2, -0.15) is 0 Å². The lowest BCUT2D eigenvalue weighted by molar-refractivity contribution is -0.122. The van der Waals surface area contributed by atoms with Gasteiger partial charge in [-0.05, 0) is 43.1 Å². The second-order valence-electron chi connectivity index (χ2n) is 6.64. The third-order valence-corrected chi connectivity index (χ3v) is 5.12. The van der Waals surface area contributed by atoms with Crippen LogP contribution in [-0.2, 0) is 11.3 Å². The minimum absolute atomic E-state index is 0.00866. The van der Waals surface area contributed by atoms with Gasteiger partial charge in [0, 0.05) is 29.2 Å². The SMILES string of the molecule is COc1ccc([C@@H]2CCCN2CC(=O)NCc2cccc(Cl)c2)c(OC)c1. The summed E-state index contributed by atoms with van der Waals surface area (Å²) in [5.41, 5.74) is 2.09. The molecule has 0 aliphatic carbocycles. The van der Waals surface area contributed by atoms with Gasteiger partial charge in [0.1, 0.15) is 11.5 Å². The van der Waals surface area contributed by atoms with E-state index < -0.39 is 0 Å². The molecule has 0 saturated carbocycles. The normalized spacial score (nSPS) is 16.9. The number of benzene rings is 2.